The number of benzene rings is 1. The van der Waals surface area contributed by atoms with E-state index in [0.29, 0.717) is 28.3 Å². The first-order valence-corrected chi connectivity index (χ1v) is 9.19. The molecule has 1 aliphatic rings. The van der Waals surface area contributed by atoms with Gasteiger partial charge in [-0.1, -0.05) is 30.9 Å². The molecule has 0 radical (unpaired) electrons. The van der Waals surface area contributed by atoms with Crippen molar-refractivity contribution in [2.24, 2.45) is 10.9 Å². The predicted molar refractivity (Wildman–Crippen MR) is 107 cm³/mol. The molecule has 0 aromatic heterocycles. The van der Waals surface area contributed by atoms with Crippen LogP contribution in [0.1, 0.15) is 39.2 Å². The van der Waals surface area contributed by atoms with Gasteiger partial charge in [-0.05, 0) is 33.8 Å². The molecular weight excluding hydrogens is 358 g/mol. The minimum Gasteiger partial charge on any atom is -0.496 e. The van der Waals surface area contributed by atoms with Gasteiger partial charge in [0.1, 0.15) is 18.3 Å². The molecule has 2 atom stereocenters. The van der Waals surface area contributed by atoms with Gasteiger partial charge in [-0.3, -0.25) is 9.79 Å². The Morgan fingerprint density at radius 2 is 1.93 bits per heavy atom. The summed E-state index contributed by atoms with van der Waals surface area (Å²) in [6.07, 6.45) is 1.20. The monoisotopic (exact) mass is 385 g/mol. The number of nitrogens with zero attached hydrogens (tertiary/aromatic N) is 1. The van der Waals surface area contributed by atoms with E-state index in [-0.39, 0.29) is 12.7 Å². The summed E-state index contributed by atoms with van der Waals surface area (Å²) in [5.41, 5.74) is 2.12. The van der Waals surface area contributed by atoms with Crippen molar-refractivity contribution in [1.29, 1.82) is 0 Å². The van der Waals surface area contributed by atoms with E-state index in [1.165, 1.54) is 6.08 Å². The van der Waals surface area contributed by atoms with Gasteiger partial charge < -0.3 is 14.2 Å². The lowest BCUT2D eigenvalue weighted by Gasteiger charge is -2.32. The molecule has 1 aliphatic heterocycles. The number of ether oxygens (including phenoxy) is 3. The van der Waals surface area contributed by atoms with Gasteiger partial charge in [-0.2, -0.15) is 0 Å². The first kappa shape index (κ1) is 21.4. The Bertz CT molecular complexity index is 822. The van der Waals surface area contributed by atoms with Crippen LogP contribution in [0.25, 0.3) is 0 Å². The second-order valence-corrected chi connectivity index (χ2v) is 6.82. The van der Waals surface area contributed by atoms with Crippen molar-refractivity contribution in [3.05, 3.63) is 53.8 Å². The number of aliphatic imine (C=N–C) groups is 1. The lowest BCUT2D eigenvalue weighted by Crippen LogP contribution is -2.37. The van der Waals surface area contributed by atoms with Crippen molar-refractivity contribution >= 4 is 17.7 Å². The van der Waals surface area contributed by atoms with Crippen molar-refractivity contribution in [2.75, 3.05) is 13.7 Å². The van der Waals surface area contributed by atoms with Gasteiger partial charge in [0.25, 0.3) is 0 Å². The van der Waals surface area contributed by atoms with Crippen molar-refractivity contribution < 1.29 is 23.8 Å². The second kappa shape index (κ2) is 9.35. The van der Waals surface area contributed by atoms with Crippen LogP contribution in [0.4, 0.5) is 0 Å². The molecule has 0 saturated carbocycles. The van der Waals surface area contributed by atoms with E-state index in [0.717, 1.165) is 0 Å². The Morgan fingerprint density at radius 1 is 1.25 bits per heavy atom. The lowest BCUT2D eigenvalue weighted by atomic mass is 9.75. The third kappa shape index (κ3) is 4.50. The standard InChI is InChI=1S/C22H27NO5/c1-7-12-27-21(24)18-14(4)23-15(5)19(22(25)28-13(2)3)20(18)16-10-8-9-11-17(16)26-6/h7-11,13,19-20H,1,12H2,2-6H3. The Kier molecular flexibility index (Phi) is 7.15. The van der Waals surface area contributed by atoms with Gasteiger partial charge in [0.05, 0.1) is 18.8 Å². The van der Waals surface area contributed by atoms with Crippen LogP contribution in [0, 0.1) is 5.92 Å². The number of hydrogen-bond donors (Lipinski definition) is 0. The van der Waals surface area contributed by atoms with Crippen LogP contribution in [0.15, 0.2) is 53.2 Å². The van der Waals surface area contributed by atoms with Crippen LogP contribution in [0.3, 0.4) is 0 Å². The van der Waals surface area contributed by atoms with Crippen molar-refractivity contribution in [1.82, 2.24) is 0 Å². The van der Waals surface area contributed by atoms with Gasteiger partial charge in [0.15, 0.2) is 0 Å². The Labute approximate surface area is 165 Å². The van der Waals surface area contributed by atoms with Crippen LogP contribution in [0.2, 0.25) is 0 Å². The van der Waals surface area contributed by atoms with E-state index in [4.69, 9.17) is 14.2 Å². The fraction of sp³-hybridized carbons (Fsp3) is 0.409. The molecule has 2 rings (SSSR count). The number of esters is 2. The van der Waals surface area contributed by atoms with Gasteiger partial charge in [0, 0.05) is 22.9 Å². The molecule has 6 heteroatoms. The van der Waals surface area contributed by atoms with Gasteiger partial charge in [0.2, 0.25) is 0 Å². The molecule has 1 aromatic rings. The molecule has 0 bridgehead atoms. The zero-order valence-corrected chi connectivity index (χ0v) is 17.0. The van der Waals surface area contributed by atoms with E-state index in [1.54, 1.807) is 40.9 Å². The molecule has 0 aliphatic carbocycles. The highest BCUT2D eigenvalue weighted by atomic mass is 16.5. The summed E-state index contributed by atoms with van der Waals surface area (Å²) >= 11 is 0. The number of para-hydroxylation sites is 1. The fourth-order valence-electron chi connectivity index (χ4n) is 3.38. The van der Waals surface area contributed by atoms with Gasteiger partial charge in [-0.15, -0.1) is 0 Å². The number of allylic oxidation sites excluding steroid dienone is 1. The SMILES string of the molecule is C=CCOC(=O)C1=C(C)N=C(C)C(C(=O)OC(C)C)C1c1ccccc1OC. The van der Waals surface area contributed by atoms with Crippen LogP contribution in [0.5, 0.6) is 5.75 Å². The third-order valence-corrected chi connectivity index (χ3v) is 4.46. The molecule has 0 fully saturated rings. The molecule has 28 heavy (non-hydrogen) atoms. The summed E-state index contributed by atoms with van der Waals surface area (Å²) in [7, 11) is 1.55. The van der Waals surface area contributed by atoms with E-state index in [9.17, 15) is 9.59 Å². The summed E-state index contributed by atoms with van der Waals surface area (Å²) in [5, 5.41) is 0. The van der Waals surface area contributed by atoms with E-state index < -0.39 is 23.8 Å². The third-order valence-electron chi connectivity index (χ3n) is 4.46. The van der Waals surface area contributed by atoms with Gasteiger partial charge >= 0.3 is 11.9 Å². The summed E-state index contributed by atoms with van der Waals surface area (Å²) in [6, 6.07) is 7.31. The van der Waals surface area contributed by atoms with Crippen LogP contribution in [-0.2, 0) is 19.1 Å². The van der Waals surface area contributed by atoms with E-state index in [1.807, 2.05) is 18.2 Å². The molecule has 0 saturated heterocycles. The van der Waals surface area contributed by atoms with Crippen molar-refractivity contribution in [3.8, 4) is 5.75 Å². The molecule has 0 N–H and O–H groups in total. The number of hydrogen-bond acceptors (Lipinski definition) is 6. The molecule has 0 spiro atoms. The summed E-state index contributed by atoms with van der Waals surface area (Å²) < 4.78 is 16.3. The van der Waals surface area contributed by atoms with Crippen LogP contribution in [-0.4, -0.2) is 37.5 Å². The maximum atomic E-state index is 13.0. The highest BCUT2D eigenvalue weighted by Gasteiger charge is 2.43. The Hall–Kier alpha value is -2.89. The lowest BCUT2D eigenvalue weighted by molar-refractivity contribution is -0.150. The number of carbonyl (C=O) groups excluding carboxylic acids is 2. The number of methoxy groups -OCH3 is 1. The van der Waals surface area contributed by atoms with E-state index >= 15 is 0 Å². The topological polar surface area (TPSA) is 74.2 Å². The smallest absolute Gasteiger partial charge is 0.336 e. The molecule has 0 amide bonds. The summed E-state index contributed by atoms with van der Waals surface area (Å²) in [5.74, 6) is -1.78. The number of carbonyl (C=O) groups is 2. The predicted octanol–water partition coefficient (Wildman–Crippen LogP) is 3.82. The maximum Gasteiger partial charge on any atom is 0.336 e. The summed E-state index contributed by atoms with van der Waals surface area (Å²) in [4.78, 5) is 30.3. The zero-order chi connectivity index (χ0) is 20.8. The van der Waals surface area contributed by atoms with Crippen molar-refractivity contribution in [3.63, 3.8) is 0 Å². The van der Waals surface area contributed by atoms with E-state index in [2.05, 4.69) is 11.6 Å². The molecular formula is C22H27NO5. The molecule has 150 valence electrons. The average molecular weight is 385 g/mol. The fourth-order valence-corrected chi connectivity index (χ4v) is 3.38. The Morgan fingerprint density at radius 3 is 2.54 bits per heavy atom. The molecule has 6 nitrogen and oxygen atoms in total. The number of rotatable bonds is 7. The quantitative estimate of drug-likeness (QED) is 0.527. The molecule has 1 heterocycles. The summed E-state index contributed by atoms with van der Waals surface area (Å²) in [6.45, 7) is 10.7. The normalized spacial score (nSPS) is 19.1. The highest BCUT2D eigenvalue weighted by molar-refractivity contribution is 6.07. The molecule has 2 unspecified atom stereocenters. The first-order chi connectivity index (χ1) is 13.3. The maximum absolute atomic E-state index is 13.0. The minimum absolute atomic E-state index is 0.0675. The average Bonchev–Trinajstić information content (AvgIpc) is 2.64. The zero-order valence-electron chi connectivity index (χ0n) is 17.0. The second-order valence-electron chi connectivity index (χ2n) is 6.82. The molecule has 1 aromatic carbocycles. The highest BCUT2D eigenvalue weighted by Crippen LogP contribution is 2.43. The van der Waals surface area contributed by atoms with Crippen LogP contribution < -0.4 is 4.74 Å². The van der Waals surface area contributed by atoms with Gasteiger partial charge in [-0.25, -0.2) is 4.79 Å². The first-order valence-electron chi connectivity index (χ1n) is 9.19. The largest absolute Gasteiger partial charge is 0.496 e. The Balaban J connectivity index is 2.65. The minimum atomic E-state index is -0.756. The van der Waals surface area contributed by atoms with Crippen molar-refractivity contribution in [2.45, 2.75) is 39.7 Å². The van der Waals surface area contributed by atoms with Crippen LogP contribution >= 0.6 is 0 Å².